The van der Waals surface area contributed by atoms with Crippen LogP contribution in [0.15, 0.2) is 47.7 Å². The number of ether oxygens (including phenoxy) is 2. The fourth-order valence-corrected chi connectivity index (χ4v) is 4.62. The third kappa shape index (κ3) is 2.78. The number of aliphatic hydroxyl groups is 1. The lowest BCUT2D eigenvalue weighted by Gasteiger charge is -2.38. The number of nitrogens with zero attached hydrogens (tertiary/aromatic N) is 2. The van der Waals surface area contributed by atoms with Crippen molar-refractivity contribution in [1.29, 1.82) is 5.26 Å². The fraction of sp³-hybridized carbons (Fsp3) is 0.304. The lowest BCUT2D eigenvalue weighted by Crippen LogP contribution is -2.32. The van der Waals surface area contributed by atoms with Gasteiger partial charge >= 0.3 is 0 Å². The molecule has 6 heteroatoms. The van der Waals surface area contributed by atoms with Crippen molar-refractivity contribution in [3.63, 3.8) is 0 Å². The van der Waals surface area contributed by atoms with Gasteiger partial charge in [0.25, 0.3) is 0 Å². The lowest BCUT2D eigenvalue weighted by molar-refractivity contribution is -0.115. The van der Waals surface area contributed by atoms with Crippen LogP contribution in [0, 0.1) is 11.3 Å². The van der Waals surface area contributed by atoms with Gasteiger partial charge < -0.3 is 19.5 Å². The van der Waals surface area contributed by atoms with E-state index in [0.717, 1.165) is 28.1 Å². The van der Waals surface area contributed by atoms with E-state index in [2.05, 4.69) is 6.07 Å². The molecule has 29 heavy (non-hydrogen) atoms. The number of hydrogen-bond acceptors (Lipinski definition) is 6. The molecule has 0 aromatic heterocycles. The Morgan fingerprint density at radius 2 is 1.93 bits per heavy atom. The first kappa shape index (κ1) is 17.8. The summed E-state index contributed by atoms with van der Waals surface area (Å²) in [4.78, 5) is 15.0. The molecule has 3 aliphatic rings. The summed E-state index contributed by atoms with van der Waals surface area (Å²) in [5.74, 6) is 1.19. The van der Waals surface area contributed by atoms with Gasteiger partial charge in [-0.2, -0.15) is 5.26 Å². The van der Waals surface area contributed by atoms with Gasteiger partial charge in [-0.15, -0.1) is 0 Å². The van der Waals surface area contributed by atoms with Crippen LogP contribution in [0.2, 0.25) is 0 Å². The summed E-state index contributed by atoms with van der Waals surface area (Å²) >= 11 is 0. The molecule has 1 aliphatic carbocycles. The maximum absolute atomic E-state index is 12.9. The van der Waals surface area contributed by atoms with Gasteiger partial charge in [0.05, 0.1) is 18.2 Å². The number of anilines is 1. The zero-order chi connectivity index (χ0) is 20.0. The van der Waals surface area contributed by atoms with Crippen molar-refractivity contribution in [3.05, 3.63) is 64.4 Å². The maximum atomic E-state index is 12.9. The van der Waals surface area contributed by atoms with Gasteiger partial charge in [-0.3, -0.25) is 4.79 Å². The molecule has 0 fully saturated rings. The number of hydrogen-bond donors (Lipinski definition) is 1. The summed E-state index contributed by atoms with van der Waals surface area (Å²) < 4.78 is 11.6. The molecule has 0 saturated carbocycles. The van der Waals surface area contributed by atoms with E-state index in [1.165, 1.54) is 0 Å². The number of benzene rings is 2. The van der Waals surface area contributed by atoms with Crippen molar-refractivity contribution in [1.82, 2.24) is 0 Å². The van der Waals surface area contributed by atoms with Crippen LogP contribution in [0.25, 0.3) is 0 Å². The van der Waals surface area contributed by atoms with Crippen LogP contribution in [0.1, 0.15) is 35.4 Å². The number of allylic oxidation sites excluding steroid dienone is 2. The fourth-order valence-electron chi connectivity index (χ4n) is 4.62. The number of rotatable bonds is 3. The average molecular weight is 388 g/mol. The molecule has 2 aromatic carbocycles. The Hall–Kier alpha value is -3.30. The molecule has 0 amide bonds. The van der Waals surface area contributed by atoms with Crippen LogP contribution >= 0.6 is 0 Å². The third-order valence-corrected chi connectivity index (χ3v) is 5.78. The smallest absolute Gasteiger partial charge is 0.163 e. The van der Waals surface area contributed by atoms with Crippen molar-refractivity contribution >= 4 is 11.5 Å². The van der Waals surface area contributed by atoms with E-state index in [1.54, 1.807) is 6.07 Å². The molecular formula is C23H20N2O4. The van der Waals surface area contributed by atoms with E-state index in [9.17, 15) is 15.2 Å². The topological polar surface area (TPSA) is 82.8 Å². The second kappa shape index (κ2) is 6.94. The highest BCUT2D eigenvalue weighted by atomic mass is 16.6. The molecule has 0 radical (unpaired) electrons. The van der Waals surface area contributed by atoms with Crippen molar-refractivity contribution in [3.8, 4) is 17.6 Å². The van der Waals surface area contributed by atoms with Crippen LogP contribution in [0.3, 0.4) is 0 Å². The normalized spacial score (nSPS) is 19.7. The molecule has 0 bridgehead atoms. The van der Waals surface area contributed by atoms with Crippen molar-refractivity contribution < 1.29 is 19.4 Å². The second-order valence-electron chi connectivity index (χ2n) is 7.38. The Bertz CT molecular complexity index is 1080. The largest absolute Gasteiger partial charge is 0.486 e. The van der Waals surface area contributed by atoms with Gasteiger partial charge in [-0.1, -0.05) is 12.1 Å². The minimum atomic E-state index is -0.269. The molecule has 0 spiro atoms. The van der Waals surface area contributed by atoms with Gasteiger partial charge in [-0.25, -0.2) is 0 Å². The van der Waals surface area contributed by atoms with Gasteiger partial charge in [0.1, 0.15) is 13.2 Å². The molecule has 1 unspecified atom stereocenters. The molecule has 1 atom stereocenters. The highest BCUT2D eigenvalue weighted by Crippen LogP contribution is 2.52. The quantitative estimate of drug-likeness (QED) is 0.871. The Balaban J connectivity index is 1.77. The first-order chi connectivity index (χ1) is 14.2. The predicted octanol–water partition coefficient (Wildman–Crippen LogP) is 2.89. The Morgan fingerprint density at radius 3 is 2.69 bits per heavy atom. The Labute approximate surface area is 168 Å². The SMILES string of the molecule is N#Cc1cccc(C2C3=C(CCC3=O)N(CCO)c3cc4c(cc32)OCCO4)c1. The Kier molecular flexibility index (Phi) is 4.26. The highest BCUT2D eigenvalue weighted by Gasteiger charge is 2.41. The number of nitriles is 1. The number of fused-ring (bicyclic) bond motifs is 2. The minimum Gasteiger partial charge on any atom is -0.486 e. The number of Topliss-reactive ketones (excluding diaryl/α,β-unsaturated/α-hetero) is 1. The number of carbonyl (C=O) groups is 1. The second-order valence-corrected chi connectivity index (χ2v) is 7.38. The molecule has 2 heterocycles. The first-order valence-corrected chi connectivity index (χ1v) is 9.79. The molecule has 5 rings (SSSR count). The molecular weight excluding hydrogens is 368 g/mol. The van der Waals surface area contributed by atoms with Crippen LogP contribution in [0.5, 0.6) is 11.5 Å². The molecule has 6 nitrogen and oxygen atoms in total. The van der Waals surface area contributed by atoms with E-state index >= 15 is 0 Å². The monoisotopic (exact) mass is 388 g/mol. The van der Waals surface area contributed by atoms with E-state index in [0.29, 0.717) is 49.7 Å². The van der Waals surface area contributed by atoms with Crippen LogP contribution in [-0.2, 0) is 4.79 Å². The summed E-state index contributed by atoms with van der Waals surface area (Å²) in [6.07, 6.45) is 1.11. The first-order valence-electron chi connectivity index (χ1n) is 9.79. The zero-order valence-electron chi connectivity index (χ0n) is 15.9. The number of β-amino-alcohol motifs (C(OH)–C–C–N with tert-alkyl or cyclic N) is 1. The van der Waals surface area contributed by atoms with E-state index in [-0.39, 0.29) is 18.3 Å². The predicted molar refractivity (Wildman–Crippen MR) is 106 cm³/mol. The summed E-state index contributed by atoms with van der Waals surface area (Å²) in [7, 11) is 0. The summed E-state index contributed by atoms with van der Waals surface area (Å²) in [5.41, 5.74) is 5.05. The molecule has 0 saturated heterocycles. The van der Waals surface area contributed by atoms with Gasteiger partial charge in [-0.05, 0) is 35.7 Å². The molecule has 2 aliphatic heterocycles. The van der Waals surface area contributed by atoms with Crippen LogP contribution in [-0.4, -0.2) is 37.3 Å². The summed E-state index contributed by atoms with van der Waals surface area (Å²) in [5, 5.41) is 19.0. The van der Waals surface area contributed by atoms with Crippen LogP contribution in [0.4, 0.5) is 5.69 Å². The summed E-state index contributed by atoms with van der Waals surface area (Å²) in [6.45, 7) is 1.36. The maximum Gasteiger partial charge on any atom is 0.163 e. The van der Waals surface area contributed by atoms with E-state index < -0.39 is 0 Å². The van der Waals surface area contributed by atoms with E-state index in [1.807, 2.05) is 35.2 Å². The molecule has 1 N–H and O–H groups in total. The standard InChI is InChI=1S/C23H20N2O4/c24-13-14-2-1-3-15(10-14)22-16-11-20-21(29-9-8-28-20)12-18(16)25(6-7-26)17-4-5-19(27)23(17)22/h1-3,10-12,22,26H,4-9H2. The molecule has 2 aromatic rings. The average Bonchev–Trinajstić information content (AvgIpc) is 3.14. The highest BCUT2D eigenvalue weighted by molar-refractivity contribution is 6.03. The summed E-state index contributed by atoms with van der Waals surface area (Å²) in [6, 6.07) is 13.5. The minimum absolute atomic E-state index is 0.0204. The van der Waals surface area contributed by atoms with Crippen LogP contribution < -0.4 is 14.4 Å². The number of aliphatic hydroxyl groups excluding tert-OH is 1. The third-order valence-electron chi connectivity index (χ3n) is 5.78. The van der Waals surface area contributed by atoms with Crippen molar-refractivity contribution in [2.24, 2.45) is 0 Å². The number of carbonyl (C=O) groups excluding carboxylic acids is 1. The molecule has 146 valence electrons. The van der Waals surface area contributed by atoms with Crippen molar-refractivity contribution in [2.75, 3.05) is 31.3 Å². The number of ketones is 1. The van der Waals surface area contributed by atoms with Gasteiger partial charge in [0.15, 0.2) is 17.3 Å². The van der Waals surface area contributed by atoms with Crippen molar-refractivity contribution in [2.45, 2.75) is 18.8 Å². The zero-order valence-corrected chi connectivity index (χ0v) is 15.9. The van der Waals surface area contributed by atoms with Gasteiger partial charge in [0, 0.05) is 41.9 Å². The van der Waals surface area contributed by atoms with E-state index in [4.69, 9.17) is 9.47 Å². The lowest BCUT2D eigenvalue weighted by atomic mass is 9.79. The van der Waals surface area contributed by atoms with Gasteiger partial charge in [0.2, 0.25) is 0 Å². The Morgan fingerprint density at radius 1 is 1.14 bits per heavy atom.